The van der Waals surface area contributed by atoms with Gasteiger partial charge in [-0.15, -0.1) is 0 Å². The van der Waals surface area contributed by atoms with Gasteiger partial charge in [-0.25, -0.2) is 0 Å². The van der Waals surface area contributed by atoms with Gasteiger partial charge in [-0.05, 0) is 55.7 Å². The molecule has 0 atom stereocenters. The maximum absolute atomic E-state index is 5.99. The zero-order chi connectivity index (χ0) is 15.5. The van der Waals surface area contributed by atoms with Crippen molar-refractivity contribution in [3.05, 3.63) is 35.4 Å². The molecule has 1 aromatic carbocycles. The van der Waals surface area contributed by atoms with Crippen LogP contribution in [-0.4, -0.2) is 30.6 Å². The summed E-state index contributed by atoms with van der Waals surface area (Å²) in [6.45, 7) is 7.95. The van der Waals surface area contributed by atoms with Gasteiger partial charge < -0.3 is 10.6 Å². The molecular weight excluding hydrogens is 256 g/mol. The molecule has 0 bridgehead atoms. The Balaban J connectivity index is 1.82. The van der Waals surface area contributed by atoms with E-state index in [1.807, 2.05) is 0 Å². The Morgan fingerprint density at radius 2 is 1.62 bits per heavy atom. The number of likely N-dealkylation sites (N-methyl/N-ethyl adjacent to an activating group) is 1. The van der Waals surface area contributed by atoms with E-state index in [-0.39, 0.29) is 5.41 Å². The summed E-state index contributed by atoms with van der Waals surface area (Å²) in [5.74, 6) is 0. The molecule has 1 aromatic rings. The highest BCUT2D eigenvalue weighted by molar-refractivity contribution is 5.27. The van der Waals surface area contributed by atoms with Crippen LogP contribution >= 0.6 is 0 Å². The van der Waals surface area contributed by atoms with Crippen LogP contribution in [0.2, 0.25) is 0 Å². The van der Waals surface area contributed by atoms with Crippen LogP contribution in [0.25, 0.3) is 0 Å². The molecule has 21 heavy (non-hydrogen) atoms. The minimum Gasteiger partial charge on any atom is -0.328 e. The largest absolute Gasteiger partial charge is 0.328 e. The van der Waals surface area contributed by atoms with E-state index in [0.717, 1.165) is 19.0 Å². The van der Waals surface area contributed by atoms with Gasteiger partial charge in [0.15, 0.2) is 0 Å². The van der Waals surface area contributed by atoms with Gasteiger partial charge in [0.1, 0.15) is 0 Å². The molecule has 0 heterocycles. The second kappa shape index (κ2) is 6.93. The number of benzene rings is 1. The Morgan fingerprint density at radius 1 is 1.05 bits per heavy atom. The maximum atomic E-state index is 5.99. The van der Waals surface area contributed by atoms with E-state index in [1.54, 1.807) is 0 Å². The molecule has 2 N–H and O–H groups in total. The molecule has 1 aliphatic rings. The fourth-order valence-corrected chi connectivity index (χ4v) is 3.20. The summed E-state index contributed by atoms with van der Waals surface area (Å²) >= 11 is 0. The number of hydrogen-bond donors (Lipinski definition) is 1. The summed E-state index contributed by atoms with van der Waals surface area (Å²) in [7, 11) is 2.27. The predicted octanol–water partition coefficient (Wildman–Crippen LogP) is 3.73. The Hall–Kier alpha value is -0.860. The summed E-state index contributed by atoms with van der Waals surface area (Å²) in [5.41, 5.74) is 9.10. The molecule has 2 rings (SSSR count). The first-order chi connectivity index (χ1) is 9.86. The fraction of sp³-hybridized carbons (Fsp3) is 0.684. The third-order valence-electron chi connectivity index (χ3n) is 4.94. The van der Waals surface area contributed by atoms with Gasteiger partial charge in [-0.2, -0.15) is 0 Å². The van der Waals surface area contributed by atoms with Crippen molar-refractivity contribution in [1.29, 1.82) is 0 Å². The van der Waals surface area contributed by atoms with Crippen LogP contribution in [0, 0.1) is 0 Å². The first-order valence-electron chi connectivity index (χ1n) is 8.41. The van der Waals surface area contributed by atoms with E-state index in [4.69, 9.17) is 5.73 Å². The average Bonchev–Trinajstić information content (AvgIpc) is 2.45. The molecule has 1 saturated carbocycles. The summed E-state index contributed by atoms with van der Waals surface area (Å²) < 4.78 is 0. The van der Waals surface area contributed by atoms with Crippen molar-refractivity contribution in [2.45, 2.75) is 70.4 Å². The highest BCUT2D eigenvalue weighted by Gasteiger charge is 2.21. The molecule has 1 aliphatic carbocycles. The smallest absolute Gasteiger partial charge is 0.00934 e. The summed E-state index contributed by atoms with van der Waals surface area (Å²) in [6, 6.07) is 10.3. The van der Waals surface area contributed by atoms with Gasteiger partial charge in [-0.1, -0.05) is 45.0 Å². The third kappa shape index (κ3) is 4.82. The highest BCUT2D eigenvalue weighted by Crippen LogP contribution is 2.23. The number of rotatable bonds is 4. The molecule has 118 valence electrons. The van der Waals surface area contributed by atoms with Crippen molar-refractivity contribution >= 4 is 0 Å². The van der Waals surface area contributed by atoms with Crippen LogP contribution in [0.5, 0.6) is 0 Å². The molecule has 2 nitrogen and oxygen atoms in total. The van der Waals surface area contributed by atoms with Gasteiger partial charge >= 0.3 is 0 Å². The molecule has 0 radical (unpaired) electrons. The van der Waals surface area contributed by atoms with Crippen LogP contribution < -0.4 is 5.73 Å². The summed E-state index contributed by atoms with van der Waals surface area (Å²) in [5, 5.41) is 0. The third-order valence-corrected chi connectivity index (χ3v) is 4.94. The molecule has 0 spiro atoms. The van der Waals surface area contributed by atoms with E-state index >= 15 is 0 Å². The van der Waals surface area contributed by atoms with Crippen LogP contribution in [0.15, 0.2) is 24.3 Å². The van der Waals surface area contributed by atoms with Crippen molar-refractivity contribution in [3.63, 3.8) is 0 Å². The number of hydrogen-bond acceptors (Lipinski definition) is 2. The van der Waals surface area contributed by atoms with Crippen LogP contribution in [0.1, 0.15) is 57.6 Å². The fourth-order valence-electron chi connectivity index (χ4n) is 3.20. The lowest BCUT2D eigenvalue weighted by Crippen LogP contribution is -2.39. The molecule has 0 amide bonds. The monoisotopic (exact) mass is 288 g/mol. The summed E-state index contributed by atoms with van der Waals surface area (Å²) in [6.07, 6.45) is 6.05. The van der Waals surface area contributed by atoms with Gasteiger partial charge in [0.25, 0.3) is 0 Å². The van der Waals surface area contributed by atoms with Crippen molar-refractivity contribution in [2.75, 3.05) is 13.6 Å². The lowest BCUT2D eigenvalue weighted by molar-refractivity contribution is 0.185. The van der Waals surface area contributed by atoms with Crippen LogP contribution in [-0.2, 0) is 11.8 Å². The summed E-state index contributed by atoms with van der Waals surface area (Å²) in [4.78, 5) is 2.53. The minimum absolute atomic E-state index is 0.246. The first-order valence-corrected chi connectivity index (χ1v) is 8.41. The molecular formula is C19H32N2. The second-order valence-electron chi connectivity index (χ2n) is 7.75. The predicted molar refractivity (Wildman–Crippen MR) is 91.7 cm³/mol. The zero-order valence-corrected chi connectivity index (χ0v) is 14.2. The van der Waals surface area contributed by atoms with Crippen molar-refractivity contribution in [3.8, 4) is 0 Å². The van der Waals surface area contributed by atoms with Crippen LogP contribution in [0.4, 0.5) is 0 Å². The molecule has 2 heteroatoms. The van der Waals surface area contributed by atoms with E-state index in [9.17, 15) is 0 Å². The number of nitrogens with zero attached hydrogens (tertiary/aromatic N) is 1. The van der Waals surface area contributed by atoms with Crippen molar-refractivity contribution in [1.82, 2.24) is 4.90 Å². The van der Waals surface area contributed by atoms with E-state index in [2.05, 4.69) is 57.0 Å². The normalized spacial score (nSPS) is 23.5. The Kier molecular flexibility index (Phi) is 5.45. The zero-order valence-electron chi connectivity index (χ0n) is 14.2. The van der Waals surface area contributed by atoms with E-state index in [0.29, 0.717) is 6.04 Å². The average molecular weight is 288 g/mol. The van der Waals surface area contributed by atoms with Gasteiger partial charge in [0, 0.05) is 18.6 Å². The van der Waals surface area contributed by atoms with E-state index in [1.165, 1.54) is 36.8 Å². The quantitative estimate of drug-likeness (QED) is 0.914. The van der Waals surface area contributed by atoms with Crippen molar-refractivity contribution < 1.29 is 0 Å². The highest BCUT2D eigenvalue weighted by atomic mass is 15.1. The molecule has 0 saturated heterocycles. The number of nitrogens with two attached hydrogens (primary N) is 1. The Morgan fingerprint density at radius 3 is 2.14 bits per heavy atom. The van der Waals surface area contributed by atoms with Gasteiger partial charge in [-0.3, -0.25) is 0 Å². The second-order valence-corrected chi connectivity index (χ2v) is 7.75. The lowest BCUT2D eigenvalue weighted by atomic mass is 9.86. The lowest BCUT2D eigenvalue weighted by Gasteiger charge is -2.33. The standard InChI is InChI=1S/C19H32N2/c1-19(2,3)16-7-5-15(6-8-16)13-14-21(4)18-11-9-17(20)10-12-18/h5-8,17-18H,9-14,20H2,1-4H3. The Labute approximate surface area is 130 Å². The Bertz CT molecular complexity index is 422. The van der Waals surface area contributed by atoms with Crippen LogP contribution in [0.3, 0.4) is 0 Å². The van der Waals surface area contributed by atoms with Crippen molar-refractivity contribution in [2.24, 2.45) is 5.73 Å². The van der Waals surface area contributed by atoms with Gasteiger partial charge in [0.2, 0.25) is 0 Å². The van der Waals surface area contributed by atoms with E-state index < -0.39 is 0 Å². The minimum atomic E-state index is 0.246. The first kappa shape index (κ1) is 16.5. The SMILES string of the molecule is CN(CCc1ccc(C(C)(C)C)cc1)C1CCC(N)CC1. The molecule has 1 fully saturated rings. The molecule has 0 aliphatic heterocycles. The molecule has 0 unspecified atom stereocenters. The maximum Gasteiger partial charge on any atom is 0.00934 e. The molecule has 0 aromatic heterocycles. The topological polar surface area (TPSA) is 29.3 Å². The van der Waals surface area contributed by atoms with Gasteiger partial charge in [0.05, 0.1) is 0 Å².